The van der Waals surface area contributed by atoms with E-state index in [-0.39, 0.29) is 29.6 Å². The Morgan fingerprint density at radius 3 is 2.52 bits per heavy atom. The predicted molar refractivity (Wildman–Crippen MR) is 79.7 cm³/mol. The highest BCUT2D eigenvalue weighted by Gasteiger charge is 2.17. The van der Waals surface area contributed by atoms with Gasteiger partial charge < -0.3 is 10.0 Å². The molecule has 0 saturated heterocycles. The highest BCUT2D eigenvalue weighted by Crippen LogP contribution is 2.17. The molecule has 2 rings (SSSR count). The number of nitrogens with zero attached hydrogens (tertiary/aromatic N) is 1. The van der Waals surface area contributed by atoms with Crippen LogP contribution in [0.5, 0.6) is 0 Å². The van der Waals surface area contributed by atoms with Crippen LogP contribution in [-0.4, -0.2) is 29.1 Å². The third-order valence-corrected chi connectivity index (χ3v) is 3.35. The second-order valence-corrected chi connectivity index (χ2v) is 4.97. The molecule has 21 heavy (non-hydrogen) atoms. The fourth-order valence-corrected chi connectivity index (χ4v) is 2.11. The summed E-state index contributed by atoms with van der Waals surface area (Å²) in [6, 6.07) is 13.3. The topological polar surface area (TPSA) is 40.5 Å². The average molecular weight is 308 g/mol. The Hall–Kier alpha value is -1.91. The minimum atomic E-state index is -0.633. The molecular weight excluding hydrogens is 293 g/mol. The van der Waals surface area contributed by atoms with E-state index < -0.39 is 5.82 Å². The van der Waals surface area contributed by atoms with E-state index in [2.05, 4.69) is 0 Å². The number of halogens is 2. The van der Waals surface area contributed by atoms with Gasteiger partial charge in [-0.15, -0.1) is 0 Å². The van der Waals surface area contributed by atoms with Crippen LogP contribution >= 0.6 is 11.6 Å². The number of hydrogen-bond donors (Lipinski definition) is 1. The zero-order valence-electron chi connectivity index (χ0n) is 11.3. The number of hydrogen-bond acceptors (Lipinski definition) is 2. The summed E-state index contributed by atoms with van der Waals surface area (Å²) in [6.45, 7) is 0.372. The summed E-state index contributed by atoms with van der Waals surface area (Å²) in [6.07, 6.45) is 0. The van der Waals surface area contributed by atoms with Crippen molar-refractivity contribution in [2.45, 2.75) is 6.54 Å². The van der Waals surface area contributed by atoms with Crippen LogP contribution in [0.2, 0.25) is 5.02 Å². The second kappa shape index (κ2) is 7.20. The molecule has 1 N–H and O–H groups in total. The Labute approximate surface area is 127 Å². The molecule has 0 aliphatic rings. The second-order valence-electron chi connectivity index (χ2n) is 4.56. The van der Waals surface area contributed by atoms with Gasteiger partial charge in [0.25, 0.3) is 5.91 Å². The van der Waals surface area contributed by atoms with Crippen molar-refractivity contribution in [2.75, 3.05) is 13.2 Å². The molecule has 0 saturated carbocycles. The highest BCUT2D eigenvalue weighted by atomic mass is 35.5. The van der Waals surface area contributed by atoms with Gasteiger partial charge >= 0.3 is 0 Å². The van der Waals surface area contributed by atoms with Crippen LogP contribution in [0.25, 0.3) is 0 Å². The molecule has 5 heteroatoms. The summed E-state index contributed by atoms with van der Waals surface area (Å²) in [4.78, 5) is 13.9. The number of aliphatic hydroxyl groups excluding tert-OH is 1. The van der Waals surface area contributed by atoms with Crippen LogP contribution < -0.4 is 0 Å². The Bertz CT molecular complexity index is 619. The van der Waals surface area contributed by atoms with E-state index in [1.54, 1.807) is 0 Å². The fourth-order valence-electron chi connectivity index (χ4n) is 1.99. The molecule has 110 valence electrons. The minimum absolute atomic E-state index is 0.0247. The molecule has 0 spiro atoms. The lowest BCUT2D eigenvalue weighted by Crippen LogP contribution is -2.33. The molecule has 0 aromatic heterocycles. The molecule has 1 amide bonds. The lowest BCUT2D eigenvalue weighted by molar-refractivity contribution is 0.0707. The first-order valence-corrected chi connectivity index (χ1v) is 6.88. The van der Waals surface area contributed by atoms with Gasteiger partial charge in [-0.3, -0.25) is 4.79 Å². The van der Waals surface area contributed by atoms with Crippen molar-refractivity contribution >= 4 is 17.5 Å². The number of benzene rings is 2. The summed E-state index contributed by atoms with van der Waals surface area (Å²) < 4.78 is 13.5. The molecule has 0 aliphatic carbocycles. The van der Waals surface area contributed by atoms with E-state index in [1.165, 1.54) is 17.0 Å². The molecule has 0 fully saturated rings. The monoisotopic (exact) mass is 307 g/mol. The van der Waals surface area contributed by atoms with E-state index in [9.17, 15) is 9.18 Å². The van der Waals surface area contributed by atoms with Crippen molar-refractivity contribution < 1.29 is 14.3 Å². The Morgan fingerprint density at radius 1 is 1.19 bits per heavy atom. The fraction of sp³-hybridized carbons (Fsp3) is 0.188. The summed E-state index contributed by atoms with van der Waals surface area (Å²) in [7, 11) is 0. The van der Waals surface area contributed by atoms with Gasteiger partial charge in [0, 0.05) is 18.7 Å². The Balaban J connectivity index is 2.20. The van der Waals surface area contributed by atoms with Crippen LogP contribution in [0.15, 0.2) is 48.5 Å². The first kappa shape index (κ1) is 15.5. The maximum Gasteiger partial charge on any atom is 0.254 e. The number of carbonyl (C=O) groups is 1. The van der Waals surface area contributed by atoms with Gasteiger partial charge in [0.05, 0.1) is 11.6 Å². The molecular formula is C16H15ClFNO2. The first-order chi connectivity index (χ1) is 10.1. The van der Waals surface area contributed by atoms with Gasteiger partial charge in [0.1, 0.15) is 5.82 Å². The van der Waals surface area contributed by atoms with E-state index in [0.717, 1.165) is 11.6 Å². The summed E-state index contributed by atoms with van der Waals surface area (Å²) in [5.74, 6) is -0.977. The van der Waals surface area contributed by atoms with Crippen molar-refractivity contribution in [1.29, 1.82) is 0 Å². The third kappa shape index (κ3) is 4.03. The SMILES string of the molecule is O=C(c1ccc(Cl)c(F)c1)N(CCO)Cc1ccccc1. The van der Waals surface area contributed by atoms with Gasteiger partial charge in [-0.25, -0.2) is 4.39 Å². The van der Waals surface area contributed by atoms with Gasteiger partial charge in [-0.05, 0) is 23.8 Å². The van der Waals surface area contributed by atoms with Crippen LogP contribution in [-0.2, 0) is 6.54 Å². The van der Waals surface area contributed by atoms with Crippen LogP contribution in [0.3, 0.4) is 0 Å². The van der Waals surface area contributed by atoms with E-state index >= 15 is 0 Å². The molecule has 2 aromatic carbocycles. The number of rotatable bonds is 5. The molecule has 0 heterocycles. The summed E-state index contributed by atoms with van der Waals surface area (Å²) in [5, 5.41) is 9.10. The standard InChI is InChI=1S/C16H15ClFNO2/c17-14-7-6-13(10-15(14)18)16(21)19(8-9-20)11-12-4-2-1-3-5-12/h1-7,10,20H,8-9,11H2. The average Bonchev–Trinajstić information content (AvgIpc) is 2.50. The van der Waals surface area contributed by atoms with Crippen molar-refractivity contribution in [3.63, 3.8) is 0 Å². The van der Waals surface area contributed by atoms with Gasteiger partial charge in [0.15, 0.2) is 0 Å². The summed E-state index contributed by atoms with van der Waals surface area (Å²) in [5.41, 5.74) is 1.15. The Kier molecular flexibility index (Phi) is 5.31. The lowest BCUT2D eigenvalue weighted by Gasteiger charge is -2.22. The molecule has 0 bridgehead atoms. The van der Waals surface area contributed by atoms with E-state index in [4.69, 9.17) is 16.7 Å². The number of carbonyl (C=O) groups excluding carboxylic acids is 1. The maximum absolute atomic E-state index is 13.5. The van der Waals surface area contributed by atoms with Crippen LogP contribution in [0.1, 0.15) is 15.9 Å². The third-order valence-electron chi connectivity index (χ3n) is 3.04. The Morgan fingerprint density at radius 2 is 1.90 bits per heavy atom. The van der Waals surface area contributed by atoms with Crippen molar-refractivity contribution in [1.82, 2.24) is 4.90 Å². The molecule has 2 aromatic rings. The van der Waals surface area contributed by atoms with Crippen molar-refractivity contribution in [2.24, 2.45) is 0 Å². The zero-order valence-corrected chi connectivity index (χ0v) is 12.1. The van der Waals surface area contributed by atoms with Gasteiger partial charge in [-0.2, -0.15) is 0 Å². The molecule has 0 aliphatic heterocycles. The highest BCUT2D eigenvalue weighted by molar-refractivity contribution is 6.30. The summed E-state index contributed by atoms with van der Waals surface area (Å²) >= 11 is 5.62. The van der Waals surface area contributed by atoms with Crippen molar-refractivity contribution in [3.8, 4) is 0 Å². The molecule has 3 nitrogen and oxygen atoms in total. The minimum Gasteiger partial charge on any atom is -0.395 e. The van der Waals surface area contributed by atoms with E-state index in [1.807, 2.05) is 30.3 Å². The molecule has 0 unspecified atom stereocenters. The van der Waals surface area contributed by atoms with Crippen LogP contribution in [0.4, 0.5) is 4.39 Å². The predicted octanol–water partition coefficient (Wildman–Crippen LogP) is 3.11. The van der Waals surface area contributed by atoms with E-state index in [0.29, 0.717) is 6.54 Å². The van der Waals surface area contributed by atoms with Gasteiger partial charge in [0.2, 0.25) is 0 Å². The van der Waals surface area contributed by atoms with Crippen molar-refractivity contribution in [3.05, 3.63) is 70.5 Å². The van der Waals surface area contributed by atoms with Crippen LogP contribution in [0, 0.1) is 5.82 Å². The smallest absolute Gasteiger partial charge is 0.254 e. The number of amides is 1. The van der Waals surface area contributed by atoms with Gasteiger partial charge in [-0.1, -0.05) is 41.9 Å². The molecule has 0 radical (unpaired) electrons. The zero-order chi connectivity index (χ0) is 15.2. The quantitative estimate of drug-likeness (QED) is 0.922. The lowest BCUT2D eigenvalue weighted by atomic mass is 10.1. The largest absolute Gasteiger partial charge is 0.395 e. The first-order valence-electron chi connectivity index (χ1n) is 6.51. The number of aliphatic hydroxyl groups is 1. The molecule has 0 atom stereocenters. The normalized spacial score (nSPS) is 10.4. The maximum atomic E-state index is 13.5.